The summed E-state index contributed by atoms with van der Waals surface area (Å²) >= 11 is 1.67. The van der Waals surface area contributed by atoms with Crippen LogP contribution in [0.5, 0.6) is 0 Å². The normalized spacial score (nSPS) is 10.6. The molecule has 2 heterocycles. The van der Waals surface area contributed by atoms with Crippen molar-refractivity contribution in [2.24, 2.45) is 0 Å². The van der Waals surface area contributed by atoms with E-state index in [1.807, 2.05) is 29.6 Å². The van der Waals surface area contributed by atoms with Crippen LogP contribution in [0, 0.1) is 11.3 Å². The second-order valence-corrected chi connectivity index (χ2v) is 4.91. The van der Waals surface area contributed by atoms with Crippen LogP contribution in [-0.4, -0.2) is 9.55 Å². The lowest BCUT2D eigenvalue weighted by atomic mass is 10.3. The van der Waals surface area contributed by atoms with Gasteiger partial charge in [0, 0.05) is 6.54 Å². The molecule has 3 aromatic rings. The topological polar surface area (TPSA) is 41.6 Å². The first-order valence-electron chi connectivity index (χ1n) is 5.76. The molecule has 0 saturated carbocycles. The van der Waals surface area contributed by atoms with E-state index in [9.17, 15) is 0 Å². The Bertz CT molecular complexity index is 704. The van der Waals surface area contributed by atoms with E-state index in [-0.39, 0.29) is 0 Å². The first-order chi connectivity index (χ1) is 8.90. The van der Waals surface area contributed by atoms with Crippen molar-refractivity contribution in [3.63, 3.8) is 0 Å². The summed E-state index contributed by atoms with van der Waals surface area (Å²) < 4.78 is 2.13. The molecule has 88 valence electrons. The summed E-state index contributed by atoms with van der Waals surface area (Å²) in [6.45, 7) is 0.685. The summed E-state index contributed by atoms with van der Waals surface area (Å²) in [5, 5.41) is 10.8. The monoisotopic (exact) mass is 253 g/mol. The Morgan fingerprint density at radius 1 is 1.22 bits per heavy atom. The van der Waals surface area contributed by atoms with Crippen LogP contribution in [0.2, 0.25) is 0 Å². The Hall–Kier alpha value is -2.12. The smallest absolute Gasteiger partial charge is 0.151 e. The Balaban J connectivity index is 2.20. The Kier molecular flexibility index (Phi) is 2.83. The Morgan fingerprint density at radius 3 is 2.89 bits per heavy atom. The second kappa shape index (κ2) is 4.63. The van der Waals surface area contributed by atoms with Gasteiger partial charge in [-0.05, 0) is 23.6 Å². The number of fused-ring (bicyclic) bond motifs is 1. The summed E-state index contributed by atoms with van der Waals surface area (Å²) in [5.74, 6) is 0.960. The van der Waals surface area contributed by atoms with Gasteiger partial charge in [-0.25, -0.2) is 4.98 Å². The zero-order chi connectivity index (χ0) is 12.4. The van der Waals surface area contributed by atoms with Gasteiger partial charge in [0.1, 0.15) is 0 Å². The molecule has 3 rings (SSSR count). The van der Waals surface area contributed by atoms with Crippen molar-refractivity contribution in [2.75, 3.05) is 0 Å². The van der Waals surface area contributed by atoms with Gasteiger partial charge in [0.15, 0.2) is 5.82 Å². The van der Waals surface area contributed by atoms with E-state index in [4.69, 9.17) is 5.26 Å². The molecule has 3 nitrogen and oxygen atoms in total. The molecule has 0 spiro atoms. The van der Waals surface area contributed by atoms with Gasteiger partial charge >= 0.3 is 0 Å². The molecule has 1 aromatic carbocycles. The lowest BCUT2D eigenvalue weighted by Crippen LogP contribution is -1.99. The van der Waals surface area contributed by atoms with E-state index in [0.717, 1.165) is 21.7 Å². The van der Waals surface area contributed by atoms with Gasteiger partial charge in [-0.1, -0.05) is 18.2 Å². The van der Waals surface area contributed by atoms with Crippen molar-refractivity contribution < 1.29 is 0 Å². The highest BCUT2D eigenvalue weighted by molar-refractivity contribution is 7.13. The predicted molar refractivity (Wildman–Crippen MR) is 73.3 cm³/mol. The van der Waals surface area contributed by atoms with E-state index in [0.29, 0.717) is 13.0 Å². The molecule has 0 aliphatic carbocycles. The van der Waals surface area contributed by atoms with Crippen LogP contribution < -0.4 is 0 Å². The molecule has 18 heavy (non-hydrogen) atoms. The zero-order valence-electron chi connectivity index (χ0n) is 9.71. The molecule has 0 radical (unpaired) electrons. The van der Waals surface area contributed by atoms with Crippen LogP contribution in [0.3, 0.4) is 0 Å². The van der Waals surface area contributed by atoms with Gasteiger partial charge in [-0.3, -0.25) is 0 Å². The van der Waals surface area contributed by atoms with Crippen LogP contribution in [0.4, 0.5) is 0 Å². The number of hydrogen-bond donors (Lipinski definition) is 0. The van der Waals surface area contributed by atoms with Crippen molar-refractivity contribution in [2.45, 2.75) is 13.0 Å². The Morgan fingerprint density at radius 2 is 2.11 bits per heavy atom. The number of aromatic nitrogens is 2. The van der Waals surface area contributed by atoms with Gasteiger partial charge < -0.3 is 4.57 Å². The number of para-hydroxylation sites is 2. The van der Waals surface area contributed by atoms with Crippen molar-refractivity contribution in [3.8, 4) is 16.8 Å². The number of thiophene rings is 1. The lowest BCUT2D eigenvalue weighted by Gasteiger charge is -2.04. The van der Waals surface area contributed by atoms with Gasteiger partial charge in [0.25, 0.3) is 0 Å². The highest BCUT2D eigenvalue weighted by atomic mass is 32.1. The largest absolute Gasteiger partial charge is 0.322 e. The fraction of sp³-hybridized carbons (Fsp3) is 0.143. The van der Waals surface area contributed by atoms with Gasteiger partial charge in [-0.15, -0.1) is 11.3 Å². The van der Waals surface area contributed by atoms with Crippen LogP contribution in [0.1, 0.15) is 6.42 Å². The third-order valence-electron chi connectivity index (χ3n) is 2.84. The molecule has 0 amide bonds. The van der Waals surface area contributed by atoms with E-state index >= 15 is 0 Å². The van der Waals surface area contributed by atoms with Crippen LogP contribution in [0.15, 0.2) is 41.8 Å². The van der Waals surface area contributed by atoms with Crippen LogP contribution in [-0.2, 0) is 6.54 Å². The number of imidazole rings is 1. The summed E-state index contributed by atoms with van der Waals surface area (Å²) in [6, 6.07) is 14.3. The van der Waals surface area contributed by atoms with E-state index in [1.54, 1.807) is 11.3 Å². The summed E-state index contributed by atoms with van der Waals surface area (Å²) in [5.41, 5.74) is 2.08. The number of aryl methyl sites for hydroxylation is 1. The lowest BCUT2D eigenvalue weighted by molar-refractivity contribution is 0.745. The zero-order valence-corrected chi connectivity index (χ0v) is 10.5. The fourth-order valence-corrected chi connectivity index (χ4v) is 2.78. The number of rotatable bonds is 3. The highest BCUT2D eigenvalue weighted by Gasteiger charge is 2.12. The Labute approximate surface area is 109 Å². The molecular weight excluding hydrogens is 242 g/mol. The van der Waals surface area contributed by atoms with Crippen LogP contribution >= 0.6 is 11.3 Å². The van der Waals surface area contributed by atoms with Crippen molar-refractivity contribution >= 4 is 22.4 Å². The van der Waals surface area contributed by atoms with Crippen molar-refractivity contribution in [1.82, 2.24) is 9.55 Å². The van der Waals surface area contributed by atoms with E-state index in [2.05, 4.69) is 27.8 Å². The maximum absolute atomic E-state index is 8.78. The minimum atomic E-state index is 0.499. The molecule has 2 aromatic heterocycles. The average Bonchev–Trinajstić information content (AvgIpc) is 3.03. The predicted octanol–water partition coefficient (Wildman–Crippen LogP) is 3.68. The molecule has 0 fully saturated rings. The third-order valence-corrected chi connectivity index (χ3v) is 3.71. The third kappa shape index (κ3) is 1.79. The molecule has 0 atom stereocenters. The number of benzene rings is 1. The van der Waals surface area contributed by atoms with Gasteiger partial charge in [-0.2, -0.15) is 5.26 Å². The van der Waals surface area contributed by atoms with E-state index < -0.39 is 0 Å². The van der Waals surface area contributed by atoms with Gasteiger partial charge in [0.2, 0.25) is 0 Å². The maximum atomic E-state index is 8.78. The molecule has 4 heteroatoms. The maximum Gasteiger partial charge on any atom is 0.151 e. The minimum Gasteiger partial charge on any atom is -0.322 e. The summed E-state index contributed by atoms with van der Waals surface area (Å²) in [6.07, 6.45) is 0.499. The number of nitrogens with zero attached hydrogens (tertiary/aromatic N) is 3. The van der Waals surface area contributed by atoms with E-state index in [1.165, 1.54) is 0 Å². The standard InChI is InChI=1S/C14H11N3S/c15-8-4-9-17-12-6-2-1-5-11(12)16-14(17)13-7-3-10-18-13/h1-3,5-7,10H,4,9H2. The molecule has 0 saturated heterocycles. The van der Waals surface area contributed by atoms with Crippen molar-refractivity contribution in [3.05, 3.63) is 41.8 Å². The molecule has 0 N–H and O–H groups in total. The minimum absolute atomic E-state index is 0.499. The second-order valence-electron chi connectivity index (χ2n) is 3.96. The number of hydrogen-bond acceptors (Lipinski definition) is 3. The highest BCUT2D eigenvalue weighted by Crippen LogP contribution is 2.28. The summed E-state index contributed by atoms with van der Waals surface area (Å²) in [4.78, 5) is 5.81. The van der Waals surface area contributed by atoms with Gasteiger partial charge in [0.05, 0.1) is 28.4 Å². The molecule has 0 bridgehead atoms. The number of nitriles is 1. The first-order valence-corrected chi connectivity index (χ1v) is 6.64. The quantitative estimate of drug-likeness (QED) is 0.714. The first kappa shape index (κ1) is 11.0. The fourth-order valence-electron chi connectivity index (χ4n) is 2.06. The van der Waals surface area contributed by atoms with Crippen LogP contribution in [0.25, 0.3) is 21.7 Å². The molecular formula is C14H11N3S. The molecule has 0 aliphatic heterocycles. The molecule has 0 unspecified atom stereocenters. The molecule has 0 aliphatic rings. The van der Waals surface area contributed by atoms with Crippen molar-refractivity contribution in [1.29, 1.82) is 5.26 Å². The SMILES string of the molecule is N#CCCn1c(-c2cccs2)nc2ccccc21. The summed E-state index contributed by atoms with van der Waals surface area (Å²) in [7, 11) is 0. The average molecular weight is 253 g/mol.